The molecule has 0 fully saturated rings. The zero-order valence-electron chi connectivity index (χ0n) is 10.2. The van der Waals surface area contributed by atoms with Gasteiger partial charge in [-0.1, -0.05) is 12.1 Å². The van der Waals surface area contributed by atoms with Crippen molar-refractivity contribution in [2.24, 2.45) is 5.73 Å². The van der Waals surface area contributed by atoms with Crippen LogP contribution in [-0.4, -0.2) is 4.98 Å². The van der Waals surface area contributed by atoms with Gasteiger partial charge in [0.05, 0.1) is 9.30 Å². The van der Waals surface area contributed by atoms with Crippen LogP contribution < -0.4 is 5.73 Å². The van der Waals surface area contributed by atoms with Crippen molar-refractivity contribution in [1.29, 1.82) is 0 Å². The third-order valence-corrected chi connectivity index (χ3v) is 4.75. The van der Waals surface area contributed by atoms with Gasteiger partial charge in [0.25, 0.3) is 0 Å². The molecular formula is C15H13BrN2S. The highest BCUT2D eigenvalue weighted by Gasteiger charge is 2.09. The molecule has 4 heteroatoms. The van der Waals surface area contributed by atoms with Crippen molar-refractivity contribution >= 4 is 38.2 Å². The Morgan fingerprint density at radius 3 is 2.89 bits per heavy atom. The quantitative estimate of drug-likeness (QED) is 0.776. The largest absolute Gasteiger partial charge is 0.324 e. The lowest BCUT2D eigenvalue weighted by Gasteiger charge is -2.11. The minimum atomic E-state index is 0.0233. The number of fused-ring (bicyclic) bond motifs is 1. The van der Waals surface area contributed by atoms with Crippen LogP contribution in [0.15, 0.2) is 52.4 Å². The van der Waals surface area contributed by atoms with Crippen LogP contribution >= 0.6 is 27.3 Å². The maximum Gasteiger partial charge on any atom is 0.0702 e. The van der Waals surface area contributed by atoms with Crippen molar-refractivity contribution < 1.29 is 0 Å². The van der Waals surface area contributed by atoms with E-state index in [9.17, 15) is 0 Å². The fraction of sp³-hybridized carbons (Fsp3) is 0.133. The molecule has 3 rings (SSSR count). The van der Waals surface area contributed by atoms with E-state index in [1.165, 1.54) is 4.88 Å². The van der Waals surface area contributed by atoms with Gasteiger partial charge in [-0.3, -0.25) is 4.98 Å². The van der Waals surface area contributed by atoms with E-state index in [-0.39, 0.29) is 6.04 Å². The Morgan fingerprint density at radius 2 is 2.11 bits per heavy atom. The summed E-state index contributed by atoms with van der Waals surface area (Å²) in [4.78, 5) is 5.62. The summed E-state index contributed by atoms with van der Waals surface area (Å²) in [7, 11) is 0. The first-order valence-electron chi connectivity index (χ1n) is 6.07. The molecule has 0 aliphatic carbocycles. The van der Waals surface area contributed by atoms with Crippen LogP contribution in [0.3, 0.4) is 0 Å². The number of benzene rings is 1. The Morgan fingerprint density at radius 1 is 1.21 bits per heavy atom. The summed E-state index contributed by atoms with van der Waals surface area (Å²) in [5.41, 5.74) is 8.47. The summed E-state index contributed by atoms with van der Waals surface area (Å²) in [6.45, 7) is 0. The number of thiophene rings is 1. The number of hydrogen-bond acceptors (Lipinski definition) is 3. The molecule has 1 atom stereocenters. The Hall–Kier alpha value is -1.23. The first-order valence-corrected chi connectivity index (χ1v) is 7.68. The fourth-order valence-electron chi connectivity index (χ4n) is 2.12. The summed E-state index contributed by atoms with van der Waals surface area (Å²) in [5, 5.41) is 1.14. The van der Waals surface area contributed by atoms with Gasteiger partial charge in [-0.05, 0) is 51.8 Å². The van der Waals surface area contributed by atoms with Crippen LogP contribution in [0.5, 0.6) is 0 Å². The van der Waals surface area contributed by atoms with Crippen LogP contribution in [0, 0.1) is 0 Å². The molecule has 0 saturated carbocycles. The van der Waals surface area contributed by atoms with E-state index in [1.54, 1.807) is 11.3 Å². The minimum Gasteiger partial charge on any atom is -0.324 e. The molecule has 2 heterocycles. The maximum absolute atomic E-state index is 6.30. The third kappa shape index (κ3) is 2.86. The smallest absolute Gasteiger partial charge is 0.0702 e. The predicted octanol–water partition coefficient (Wildman–Crippen LogP) is 4.30. The highest BCUT2D eigenvalue weighted by atomic mass is 79.9. The highest BCUT2D eigenvalue weighted by molar-refractivity contribution is 9.11. The average molecular weight is 333 g/mol. The summed E-state index contributed by atoms with van der Waals surface area (Å²) >= 11 is 5.22. The molecule has 0 amide bonds. The molecule has 0 aliphatic rings. The van der Waals surface area contributed by atoms with E-state index >= 15 is 0 Å². The second-order valence-electron chi connectivity index (χ2n) is 4.47. The molecule has 3 aromatic rings. The molecular weight excluding hydrogens is 320 g/mol. The number of hydrogen-bond donors (Lipinski definition) is 1. The van der Waals surface area contributed by atoms with Gasteiger partial charge in [0, 0.05) is 28.9 Å². The predicted molar refractivity (Wildman–Crippen MR) is 84.4 cm³/mol. The van der Waals surface area contributed by atoms with E-state index in [0.717, 1.165) is 26.7 Å². The summed E-state index contributed by atoms with van der Waals surface area (Å²) in [6.07, 6.45) is 2.67. The van der Waals surface area contributed by atoms with Gasteiger partial charge in [0.1, 0.15) is 0 Å². The summed E-state index contributed by atoms with van der Waals surface area (Å²) in [6, 6.07) is 14.5. The van der Waals surface area contributed by atoms with Crippen molar-refractivity contribution in [2.45, 2.75) is 12.5 Å². The van der Waals surface area contributed by atoms with Crippen molar-refractivity contribution in [1.82, 2.24) is 4.98 Å². The normalized spacial score (nSPS) is 12.7. The van der Waals surface area contributed by atoms with E-state index < -0.39 is 0 Å². The van der Waals surface area contributed by atoms with Crippen LogP contribution in [-0.2, 0) is 6.42 Å². The molecule has 1 aromatic carbocycles. The number of nitrogens with zero attached hydrogens (tertiary/aromatic N) is 1. The van der Waals surface area contributed by atoms with Gasteiger partial charge in [-0.2, -0.15) is 0 Å². The van der Waals surface area contributed by atoms with Gasteiger partial charge in [-0.25, -0.2) is 0 Å². The van der Waals surface area contributed by atoms with E-state index in [0.29, 0.717) is 0 Å². The molecule has 0 bridgehead atoms. The zero-order valence-corrected chi connectivity index (χ0v) is 12.6. The molecule has 2 aromatic heterocycles. The van der Waals surface area contributed by atoms with Gasteiger partial charge in [0.2, 0.25) is 0 Å². The Balaban J connectivity index is 1.86. The van der Waals surface area contributed by atoms with Crippen LogP contribution in [0.2, 0.25) is 0 Å². The van der Waals surface area contributed by atoms with Gasteiger partial charge < -0.3 is 5.73 Å². The number of halogens is 1. The number of rotatable bonds is 3. The van der Waals surface area contributed by atoms with Crippen molar-refractivity contribution in [3.8, 4) is 0 Å². The monoisotopic (exact) mass is 332 g/mol. The maximum atomic E-state index is 6.30. The van der Waals surface area contributed by atoms with E-state index in [4.69, 9.17) is 5.73 Å². The topological polar surface area (TPSA) is 38.9 Å². The molecule has 1 unspecified atom stereocenters. The van der Waals surface area contributed by atoms with Gasteiger partial charge in [0.15, 0.2) is 0 Å². The van der Waals surface area contributed by atoms with Crippen LogP contribution in [0.4, 0.5) is 0 Å². The lowest BCUT2D eigenvalue weighted by Crippen LogP contribution is -2.12. The summed E-state index contributed by atoms with van der Waals surface area (Å²) < 4.78 is 1.15. The molecule has 19 heavy (non-hydrogen) atoms. The molecule has 2 nitrogen and oxygen atoms in total. The Labute approximate surface area is 124 Å². The van der Waals surface area contributed by atoms with Crippen LogP contribution in [0.25, 0.3) is 10.9 Å². The molecule has 0 aliphatic heterocycles. The average Bonchev–Trinajstić information content (AvgIpc) is 2.83. The Kier molecular flexibility index (Phi) is 3.64. The zero-order chi connectivity index (χ0) is 13.2. The highest BCUT2D eigenvalue weighted by Crippen LogP contribution is 2.27. The lowest BCUT2D eigenvalue weighted by atomic mass is 10.0. The molecule has 96 valence electrons. The SMILES string of the molecule is NC(Cc1ccc(Br)s1)c1ccc2ncccc2c1. The van der Waals surface area contributed by atoms with E-state index in [2.05, 4.69) is 51.2 Å². The van der Waals surface area contributed by atoms with Crippen molar-refractivity contribution in [2.75, 3.05) is 0 Å². The van der Waals surface area contributed by atoms with E-state index in [1.807, 2.05) is 18.3 Å². The first-order chi connectivity index (χ1) is 9.22. The first kappa shape index (κ1) is 12.8. The van der Waals surface area contributed by atoms with Gasteiger partial charge >= 0.3 is 0 Å². The lowest BCUT2D eigenvalue weighted by molar-refractivity contribution is 0.731. The second kappa shape index (κ2) is 5.41. The molecule has 0 saturated heterocycles. The fourth-order valence-corrected chi connectivity index (χ4v) is 3.66. The van der Waals surface area contributed by atoms with Crippen LogP contribution in [0.1, 0.15) is 16.5 Å². The molecule has 2 N–H and O–H groups in total. The van der Waals surface area contributed by atoms with Crippen molar-refractivity contribution in [3.63, 3.8) is 0 Å². The molecule has 0 radical (unpaired) electrons. The Bertz CT molecular complexity index is 708. The third-order valence-electron chi connectivity index (χ3n) is 3.11. The number of aromatic nitrogens is 1. The minimum absolute atomic E-state index is 0.0233. The summed E-state index contributed by atoms with van der Waals surface area (Å²) in [5.74, 6) is 0. The molecule has 0 spiro atoms. The number of pyridine rings is 1. The number of nitrogens with two attached hydrogens (primary N) is 1. The second-order valence-corrected chi connectivity index (χ2v) is 7.02. The standard InChI is InChI=1S/C15H13BrN2S/c16-15-6-4-12(19-15)9-13(17)10-3-5-14-11(8-10)2-1-7-18-14/h1-8,13H,9,17H2. The van der Waals surface area contributed by atoms with Crippen molar-refractivity contribution in [3.05, 3.63) is 62.9 Å². The van der Waals surface area contributed by atoms with Gasteiger partial charge in [-0.15, -0.1) is 11.3 Å².